The predicted octanol–water partition coefficient (Wildman–Crippen LogP) is 3.68. The van der Waals surface area contributed by atoms with Crippen LogP contribution in [0.1, 0.15) is 27.2 Å². The Bertz CT molecular complexity index is 644. The van der Waals surface area contributed by atoms with E-state index in [1.54, 1.807) is 4.90 Å². The number of hydrogen-bond donors (Lipinski definition) is 0. The molecule has 0 unspecified atom stereocenters. The van der Waals surface area contributed by atoms with Gasteiger partial charge in [0.1, 0.15) is 11.7 Å². The number of ether oxygens (including phenoxy) is 2. The van der Waals surface area contributed by atoms with Crippen LogP contribution in [-0.4, -0.2) is 40.8 Å². The molecule has 1 aromatic heterocycles. The van der Waals surface area contributed by atoms with Gasteiger partial charge < -0.3 is 14.4 Å². The molecule has 1 saturated heterocycles. The van der Waals surface area contributed by atoms with Crippen LogP contribution < -0.4 is 4.74 Å². The SMILES string of the molecule is CC(C)(C)OC(=O)N1CC[C@@H](Oc2nc3ccccc3s2)C1. The summed E-state index contributed by atoms with van der Waals surface area (Å²) in [7, 11) is 0. The van der Waals surface area contributed by atoms with Crippen molar-refractivity contribution in [3.8, 4) is 5.19 Å². The summed E-state index contributed by atoms with van der Waals surface area (Å²) in [4.78, 5) is 18.2. The lowest BCUT2D eigenvalue weighted by Crippen LogP contribution is -2.36. The van der Waals surface area contributed by atoms with Crippen molar-refractivity contribution in [3.63, 3.8) is 0 Å². The lowest BCUT2D eigenvalue weighted by molar-refractivity contribution is 0.0275. The number of aromatic nitrogens is 1. The Balaban J connectivity index is 1.60. The molecule has 1 aliphatic heterocycles. The average molecular weight is 320 g/mol. The molecular formula is C16H20N2O3S. The van der Waals surface area contributed by atoms with Gasteiger partial charge in [-0.3, -0.25) is 0 Å². The minimum atomic E-state index is -0.469. The number of para-hydroxylation sites is 1. The molecule has 2 aromatic rings. The topological polar surface area (TPSA) is 51.7 Å². The van der Waals surface area contributed by atoms with Crippen molar-refractivity contribution < 1.29 is 14.3 Å². The molecule has 0 bridgehead atoms. The number of amides is 1. The summed E-state index contributed by atoms with van der Waals surface area (Å²) in [6.45, 7) is 6.82. The van der Waals surface area contributed by atoms with E-state index in [0.29, 0.717) is 18.3 Å². The summed E-state index contributed by atoms with van der Waals surface area (Å²) in [6.07, 6.45) is 0.505. The van der Waals surface area contributed by atoms with Gasteiger partial charge in [0.15, 0.2) is 0 Å². The first-order valence-corrected chi connectivity index (χ1v) is 8.22. The molecule has 0 spiro atoms. The Morgan fingerprint density at radius 1 is 1.36 bits per heavy atom. The van der Waals surface area contributed by atoms with Crippen molar-refractivity contribution in [2.75, 3.05) is 13.1 Å². The van der Waals surface area contributed by atoms with E-state index in [2.05, 4.69) is 4.98 Å². The standard InChI is InChI=1S/C16H20N2O3S/c1-16(2,3)21-15(19)18-9-8-11(10-18)20-14-17-12-6-4-5-7-13(12)22-14/h4-7,11H,8-10H2,1-3H3/t11-/m1/s1. The van der Waals surface area contributed by atoms with Crippen molar-refractivity contribution in [2.24, 2.45) is 0 Å². The molecule has 5 nitrogen and oxygen atoms in total. The summed E-state index contributed by atoms with van der Waals surface area (Å²) in [5, 5.41) is 0.664. The smallest absolute Gasteiger partial charge is 0.410 e. The average Bonchev–Trinajstić information content (AvgIpc) is 3.02. The van der Waals surface area contributed by atoms with E-state index in [4.69, 9.17) is 9.47 Å². The van der Waals surface area contributed by atoms with Crippen LogP contribution in [0.15, 0.2) is 24.3 Å². The van der Waals surface area contributed by atoms with Crippen LogP contribution in [0.2, 0.25) is 0 Å². The molecule has 22 heavy (non-hydrogen) atoms. The molecule has 1 aliphatic rings. The molecule has 0 radical (unpaired) electrons. The third-order valence-corrected chi connectivity index (χ3v) is 4.27. The molecule has 2 heterocycles. The molecule has 6 heteroatoms. The van der Waals surface area contributed by atoms with E-state index in [1.165, 1.54) is 11.3 Å². The fourth-order valence-electron chi connectivity index (χ4n) is 2.36. The first kappa shape index (κ1) is 15.1. The van der Waals surface area contributed by atoms with E-state index in [1.807, 2.05) is 45.0 Å². The van der Waals surface area contributed by atoms with Gasteiger partial charge >= 0.3 is 6.09 Å². The van der Waals surface area contributed by atoms with Crippen LogP contribution in [0, 0.1) is 0 Å². The fraction of sp³-hybridized carbons (Fsp3) is 0.500. The number of nitrogens with zero attached hydrogens (tertiary/aromatic N) is 2. The molecule has 118 valence electrons. The first-order chi connectivity index (χ1) is 10.4. The van der Waals surface area contributed by atoms with Crippen LogP contribution in [0.5, 0.6) is 5.19 Å². The summed E-state index contributed by atoms with van der Waals surface area (Å²) < 4.78 is 12.4. The summed E-state index contributed by atoms with van der Waals surface area (Å²) in [6, 6.07) is 7.96. The zero-order valence-corrected chi connectivity index (χ0v) is 13.9. The van der Waals surface area contributed by atoms with Crippen molar-refractivity contribution >= 4 is 27.6 Å². The number of carbonyl (C=O) groups excluding carboxylic acids is 1. The van der Waals surface area contributed by atoms with Crippen LogP contribution in [-0.2, 0) is 4.74 Å². The molecule has 3 rings (SSSR count). The molecule has 1 atom stereocenters. The van der Waals surface area contributed by atoms with Crippen molar-refractivity contribution in [1.29, 1.82) is 0 Å². The third kappa shape index (κ3) is 3.50. The highest BCUT2D eigenvalue weighted by Gasteiger charge is 2.31. The summed E-state index contributed by atoms with van der Waals surface area (Å²) in [5.74, 6) is 0. The molecule has 0 N–H and O–H groups in total. The van der Waals surface area contributed by atoms with E-state index >= 15 is 0 Å². The Hall–Kier alpha value is -1.82. The lowest BCUT2D eigenvalue weighted by atomic mass is 10.2. The highest BCUT2D eigenvalue weighted by Crippen LogP contribution is 2.29. The maximum Gasteiger partial charge on any atom is 0.410 e. The quantitative estimate of drug-likeness (QED) is 0.847. The summed E-state index contributed by atoms with van der Waals surface area (Å²) in [5.41, 5.74) is 0.479. The molecule has 1 amide bonds. The van der Waals surface area contributed by atoms with Gasteiger partial charge in [-0.25, -0.2) is 9.78 Å². The number of carbonyl (C=O) groups is 1. The number of benzene rings is 1. The van der Waals surface area contributed by atoms with E-state index < -0.39 is 5.60 Å². The zero-order valence-electron chi connectivity index (χ0n) is 13.0. The van der Waals surface area contributed by atoms with Gasteiger partial charge in [0.05, 0.1) is 16.8 Å². The lowest BCUT2D eigenvalue weighted by Gasteiger charge is -2.24. The number of likely N-dealkylation sites (tertiary alicyclic amines) is 1. The second-order valence-corrected chi connectivity index (χ2v) is 7.40. The van der Waals surface area contributed by atoms with Crippen LogP contribution >= 0.6 is 11.3 Å². The van der Waals surface area contributed by atoms with Crippen molar-refractivity contribution in [1.82, 2.24) is 9.88 Å². The Labute approximate surface area is 133 Å². The largest absolute Gasteiger partial charge is 0.465 e. The minimum absolute atomic E-state index is 0.0203. The highest BCUT2D eigenvalue weighted by atomic mass is 32.1. The highest BCUT2D eigenvalue weighted by molar-refractivity contribution is 7.20. The van der Waals surface area contributed by atoms with Gasteiger partial charge in [0, 0.05) is 13.0 Å². The molecular weight excluding hydrogens is 300 g/mol. The number of fused-ring (bicyclic) bond motifs is 1. The van der Waals surface area contributed by atoms with E-state index in [0.717, 1.165) is 16.6 Å². The molecule has 1 aromatic carbocycles. The maximum absolute atomic E-state index is 12.0. The van der Waals surface area contributed by atoms with Crippen LogP contribution in [0.4, 0.5) is 4.79 Å². The second-order valence-electron chi connectivity index (χ2n) is 6.40. The third-order valence-electron chi connectivity index (χ3n) is 3.34. The van der Waals surface area contributed by atoms with Crippen LogP contribution in [0.25, 0.3) is 10.2 Å². The first-order valence-electron chi connectivity index (χ1n) is 7.41. The monoisotopic (exact) mass is 320 g/mol. The molecule has 0 saturated carbocycles. The van der Waals surface area contributed by atoms with E-state index in [-0.39, 0.29) is 12.2 Å². The number of thiazole rings is 1. The van der Waals surface area contributed by atoms with Crippen LogP contribution in [0.3, 0.4) is 0 Å². The van der Waals surface area contributed by atoms with Gasteiger partial charge in [0.25, 0.3) is 5.19 Å². The van der Waals surface area contributed by atoms with Crippen molar-refractivity contribution in [2.45, 2.75) is 38.9 Å². The Morgan fingerprint density at radius 2 is 2.14 bits per heavy atom. The van der Waals surface area contributed by atoms with Gasteiger partial charge in [-0.05, 0) is 32.9 Å². The Kier molecular flexibility index (Phi) is 3.95. The minimum Gasteiger partial charge on any atom is -0.465 e. The molecule has 1 fully saturated rings. The van der Waals surface area contributed by atoms with Gasteiger partial charge in [-0.15, -0.1) is 0 Å². The van der Waals surface area contributed by atoms with Gasteiger partial charge in [0.2, 0.25) is 0 Å². The predicted molar refractivity (Wildman–Crippen MR) is 86.5 cm³/mol. The number of rotatable bonds is 2. The second kappa shape index (κ2) is 5.76. The molecule has 0 aliphatic carbocycles. The Morgan fingerprint density at radius 3 is 2.86 bits per heavy atom. The van der Waals surface area contributed by atoms with Crippen molar-refractivity contribution in [3.05, 3.63) is 24.3 Å². The van der Waals surface area contributed by atoms with Gasteiger partial charge in [-0.1, -0.05) is 23.5 Å². The number of hydrogen-bond acceptors (Lipinski definition) is 5. The van der Waals surface area contributed by atoms with E-state index in [9.17, 15) is 4.79 Å². The normalized spacial score (nSPS) is 18.7. The summed E-state index contributed by atoms with van der Waals surface area (Å²) >= 11 is 1.54. The van der Waals surface area contributed by atoms with Gasteiger partial charge in [-0.2, -0.15) is 0 Å². The zero-order chi connectivity index (χ0) is 15.7. The fourth-order valence-corrected chi connectivity index (χ4v) is 3.24. The maximum atomic E-state index is 12.0.